The second-order valence-electron chi connectivity index (χ2n) is 7.07. The highest BCUT2D eigenvalue weighted by atomic mass is 35.5. The van der Waals surface area contributed by atoms with Crippen molar-refractivity contribution in [1.82, 2.24) is 9.97 Å². The number of amides is 2. The number of piperazine rings is 1. The fourth-order valence-electron chi connectivity index (χ4n) is 3.38. The smallest absolute Gasteiger partial charge is 0.323 e. The van der Waals surface area contributed by atoms with Crippen LogP contribution in [0, 0.1) is 6.92 Å². The summed E-state index contributed by atoms with van der Waals surface area (Å²) in [7, 11) is 0. The van der Waals surface area contributed by atoms with Gasteiger partial charge in [0.2, 0.25) is 5.95 Å². The zero-order chi connectivity index (χ0) is 20.9. The van der Waals surface area contributed by atoms with Crippen molar-refractivity contribution < 1.29 is 4.79 Å². The van der Waals surface area contributed by atoms with Crippen molar-refractivity contribution in [2.24, 2.45) is 0 Å². The highest BCUT2D eigenvalue weighted by Gasteiger charge is 2.19. The first-order valence-corrected chi connectivity index (χ1v) is 10.2. The first-order valence-electron chi connectivity index (χ1n) is 9.80. The van der Waals surface area contributed by atoms with Gasteiger partial charge < -0.3 is 20.4 Å². The number of nitrogens with one attached hydrogen (secondary N) is 2. The minimum Gasteiger partial charge on any atom is -0.368 e. The SMILES string of the molecule is Cc1c(Cl)cccc1NC(=O)Nc1cnc(N2CCN(c3ccccc3)CC2)nc1. The average Bonchev–Trinajstić information content (AvgIpc) is 2.78. The van der Waals surface area contributed by atoms with Crippen LogP contribution in [0.5, 0.6) is 0 Å². The lowest BCUT2D eigenvalue weighted by Crippen LogP contribution is -2.47. The number of para-hydroxylation sites is 1. The second-order valence-corrected chi connectivity index (χ2v) is 7.48. The Kier molecular flexibility index (Phi) is 5.99. The first kappa shape index (κ1) is 20.0. The van der Waals surface area contributed by atoms with Crippen molar-refractivity contribution in [1.29, 1.82) is 0 Å². The quantitative estimate of drug-likeness (QED) is 0.651. The summed E-state index contributed by atoms with van der Waals surface area (Å²) in [6.07, 6.45) is 3.24. The number of anilines is 4. The Bertz CT molecular complexity index is 1000. The molecule has 1 saturated heterocycles. The molecule has 3 aromatic rings. The van der Waals surface area contributed by atoms with Gasteiger partial charge in [-0.1, -0.05) is 35.9 Å². The summed E-state index contributed by atoms with van der Waals surface area (Å²) in [6.45, 7) is 5.36. The van der Waals surface area contributed by atoms with E-state index in [1.165, 1.54) is 5.69 Å². The zero-order valence-corrected chi connectivity index (χ0v) is 17.4. The van der Waals surface area contributed by atoms with Gasteiger partial charge in [0.15, 0.2) is 0 Å². The van der Waals surface area contributed by atoms with E-state index in [-0.39, 0.29) is 6.03 Å². The molecule has 0 aliphatic carbocycles. The molecule has 154 valence electrons. The monoisotopic (exact) mass is 422 g/mol. The zero-order valence-electron chi connectivity index (χ0n) is 16.7. The summed E-state index contributed by atoms with van der Waals surface area (Å²) < 4.78 is 0. The molecule has 0 spiro atoms. The van der Waals surface area contributed by atoms with Gasteiger partial charge >= 0.3 is 6.03 Å². The normalized spacial score (nSPS) is 13.8. The Morgan fingerprint density at radius 1 is 0.900 bits per heavy atom. The largest absolute Gasteiger partial charge is 0.368 e. The second kappa shape index (κ2) is 9.00. The average molecular weight is 423 g/mol. The molecule has 2 N–H and O–H groups in total. The Labute approximate surface area is 180 Å². The molecule has 30 heavy (non-hydrogen) atoms. The molecule has 0 bridgehead atoms. The number of aromatic nitrogens is 2. The highest BCUT2D eigenvalue weighted by Crippen LogP contribution is 2.23. The molecule has 0 radical (unpaired) electrons. The maximum absolute atomic E-state index is 12.3. The number of halogens is 1. The molecule has 1 fully saturated rings. The standard InChI is InChI=1S/C22H23ClN6O/c1-16-19(23)8-5-9-20(16)27-22(30)26-17-14-24-21(25-15-17)29-12-10-28(11-13-29)18-6-3-2-4-7-18/h2-9,14-15H,10-13H2,1H3,(H2,26,27,30). The lowest BCUT2D eigenvalue weighted by molar-refractivity contribution is 0.262. The lowest BCUT2D eigenvalue weighted by atomic mass is 10.2. The minimum absolute atomic E-state index is 0.367. The number of urea groups is 1. The number of benzene rings is 2. The lowest BCUT2D eigenvalue weighted by Gasteiger charge is -2.36. The third kappa shape index (κ3) is 4.63. The Balaban J connectivity index is 1.32. The van der Waals surface area contributed by atoms with Gasteiger partial charge in [0.25, 0.3) is 0 Å². The van der Waals surface area contributed by atoms with Crippen molar-refractivity contribution in [3.05, 3.63) is 71.5 Å². The van der Waals surface area contributed by atoms with Crippen molar-refractivity contribution in [2.45, 2.75) is 6.92 Å². The first-order chi connectivity index (χ1) is 14.6. The van der Waals surface area contributed by atoms with Gasteiger partial charge in [-0.25, -0.2) is 14.8 Å². The number of hydrogen-bond acceptors (Lipinski definition) is 5. The van der Waals surface area contributed by atoms with Crippen LogP contribution >= 0.6 is 11.6 Å². The van der Waals surface area contributed by atoms with Crippen LogP contribution in [0.2, 0.25) is 5.02 Å². The molecule has 2 aromatic carbocycles. The number of carbonyl (C=O) groups excluding carboxylic acids is 1. The van der Waals surface area contributed by atoms with Gasteiger partial charge in [0.1, 0.15) is 0 Å². The van der Waals surface area contributed by atoms with Crippen molar-refractivity contribution in [2.75, 3.05) is 46.6 Å². The molecule has 1 aliphatic heterocycles. The van der Waals surface area contributed by atoms with Crippen LogP contribution in [0.3, 0.4) is 0 Å². The minimum atomic E-state index is -0.367. The van der Waals surface area contributed by atoms with Crippen molar-refractivity contribution >= 4 is 40.6 Å². The molecule has 8 heteroatoms. The molecule has 2 amide bonds. The molecule has 2 heterocycles. The van der Waals surface area contributed by atoms with Gasteiger partial charge in [-0.05, 0) is 36.8 Å². The van der Waals surface area contributed by atoms with E-state index in [4.69, 9.17) is 11.6 Å². The Morgan fingerprint density at radius 3 is 2.27 bits per heavy atom. The molecule has 7 nitrogen and oxygen atoms in total. The predicted molar refractivity (Wildman–Crippen MR) is 122 cm³/mol. The van der Waals surface area contributed by atoms with Gasteiger partial charge in [-0.2, -0.15) is 0 Å². The number of nitrogens with zero attached hydrogens (tertiary/aromatic N) is 4. The van der Waals surface area contributed by atoms with Crippen LogP contribution < -0.4 is 20.4 Å². The number of rotatable bonds is 4. The van der Waals surface area contributed by atoms with E-state index in [0.717, 1.165) is 31.7 Å². The Morgan fingerprint density at radius 2 is 1.57 bits per heavy atom. The number of hydrogen-bond donors (Lipinski definition) is 2. The maximum atomic E-state index is 12.3. The third-order valence-electron chi connectivity index (χ3n) is 5.10. The van der Waals surface area contributed by atoms with E-state index in [1.807, 2.05) is 13.0 Å². The van der Waals surface area contributed by atoms with Crippen LogP contribution in [0.15, 0.2) is 60.9 Å². The topological polar surface area (TPSA) is 73.4 Å². The molecular weight excluding hydrogens is 400 g/mol. The van der Waals surface area contributed by atoms with Gasteiger partial charge in [0.05, 0.1) is 18.1 Å². The predicted octanol–water partition coefficient (Wildman–Crippen LogP) is 4.41. The van der Waals surface area contributed by atoms with Crippen LogP contribution in [0.25, 0.3) is 0 Å². The van der Waals surface area contributed by atoms with Gasteiger partial charge in [0, 0.05) is 42.6 Å². The van der Waals surface area contributed by atoms with Crippen LogP contribution in [0.4, 0.5) is 27.8 Å². The van der Waals surface area contributed by atoms with E-state index in [1.54, 1.807) is 30.6 Å². The van der Waals surface area contributed by atoms with Gasteiger partial charge in [-0.3, -0.25) is 0 Å². The summed E-state index contributed by atoms with van der Waals surface area (Å²) in [4.78, 5) is 25.6. The van der Waals surface area contributed by atoms with Gasteiger partial charge in [-0.15, -0.1) is 0 Å². The molecular formula is C22H23ClN6O. The molecule has 1 aromatic heterocycles. The fourth-order valence-corrected chi connectivity index (χ4v) is 3.55. The van der Waals surface area contributed by atoms with Crippen molar-refractivity contribution in [3.63, 3.8) is 0 Å². The maximum Gasteiger partial charge on any atom is 0.323 e. The molecule has 0 atom stereocenters. The summed E-state index contributed by atoms with van der Waals surface area (Å²) >= 11 is 6.09. The van der Waals surface area contributed by atoms with Crippen molar-refractivity contribution in [3.8, 4) is 0 Å². The van der Waals surface area contributed by atoms with E-state index in [0.29, 0.717) is 22.3 Å². The fraction of sp³-hybridized carbons (Fsp3) is 0.227. The summed E-state index contributed by atoms with van der Waals surface area (Å²) in [5.74, 6) is 0.666. The van der Waals surface area contributed by atoms with E-state index in [2.05, 4.69) is 54.7 Å². The van der Waals surface area contributed by atoms with Crippen LogP contribution in [0.1, 0.15) is 5.56 Å². The Hall–Kier alpha value is -3.32. The van der Waals surface area contributed by atoms with Crippen LogP contribution in [-0.2, 0) is 0 Å². The number of carbonyl (C=O) groups is 1. The molecule has 4 rings (SSSR count). The summed E-state index contributed by atoms with van der Waals surface area (Å²) in [5.41, 5.74) is 3.24. The summed E-state index contributed by atoms with van der Waals surface area (Å²) in [6, 6.07) is 15.4. The highest BCUT2D eigenvalue weighted by molar-refractivity contribution is 6.31. The third-order valence-corrected chi connectivity index (χ3v) is 5.51. The molecule has 1 aliphatic rings. The van der Waals surface area contributed by atoms with E-state index in [9.17, 15) is 4.79 Å². The molecule has 0 unspecified atom stereocenters. The van der Waals surface area contributed by atoms with Crippen LogP contribution in [-0.4, -0.2) is 42.2 Å². The van der Waals surface area contributed by atoms with E-state index >= 15 is 0 Å². The van der Waals surface area contributed by atoms with E-state index < -0.39 is 0 Å². The molecule has 0 saturated carbocycles. The summed E-state index contributed by atoms with van der Waals surface area (Å²) in [5, 5.41) is 6.15.